The van der Waals surface area contributed by atoms with Crippen molar-refractivity contribution in [3.05, 3.63) is 41.2 Å². The van der Waals surface area contributed by atoms with Crippen LogP contribution in [0.3, 0.4) is 0 Å². The van der Waals surface area contributed by atoms with E-state index in [9.17, 15) is 0 Å². The zero-order valence-electron chi connectivity index (χ0n) is 12.3. The molecule has 1 N–H and O–H groups in total. The van der Waals surface area contributed by atoms with Gasteiger partial charge in [-0.1, -0.05) is 45.0 Å². The Balaban J connectivity index is 2.17. The minimum atomic E-state index is 0.440. The highest BCUT2D eigenvalue weighted by Gasteiger charge is 2.25. The summed E-state index contributed by atoms with van der Waals surface area (Å²) in [7, 11) is 0. The van der Waals surface area contributed by atoms with Crippen molar-refractivity contribution in [3.63, 3.8) is 0 Å². The van der Waals surface area contributed by atoms with Gasteiger partial charge in [-0.05, 0) is 35.3 Å². The maximum Gasteiger partial charge on any atom is 0.109 e. The van der Waals surface area contributed by atoms with Gasteiger partial charge in [0.15, 0.2) is 0 Å². The van der Waals surface area contributed by atoms with Gasteiger partial charge in [-0.25, -0.2) is 4.98 Å². The molecule has 102 valence electrons. The van der Waals surface area contributed by atoms with E-state index >= 15 is 0 Å². The summed E-state index contributed by atoms with van der Waals surface area (Å²) in [6.07, 6.45) is 2.36. The summed E-state index contributed by atoms with van der Waals surface area (Å²) in [5.41, 5.74) is 5.46. The number of aromatic nitrogens is 2. The van der Waals surface area contributed by atoms with Crippen molar-refractivity contribution in [3.8, 4) is 0 Å². The van der Waals surface area contributed by atoms with E-state index in [1.54, 1.807) is 0 Å². The smallest absolute Gasteiger partial charge is 0.109 e. The summed E-state index contributed by atoms with van der Waals surface area (Å²) in [5.74, 6) is 2.28. The number of rotatable bonds is 1. The molecule has 2 heteroatoms. The Morgan fingerprint density at radius 3 is 2.55 bits per heavy atom. The third-order valence-corrected chi connectivity index (χ3v) is 4.55. The predicted molar refractivity (Wildman–Crippen MR) is 84.3 cm³/mol. The summed E-state index contributed by atoms with van der Waals surface area (Å²) in [6.45, 7) is 6.74. The van der Waals surface area contributed by atoms with Crippen molar-refractivity contribution in [2.24, 2.45) is 5.92 Å². The molecule has 0 saturated heterocycles. The van der Waals surface area contributed by atoms with E-state index < -0.39 is 0 Å². The van der Waals surface area contributed by atoms with E-state index in [1.807, 2.05) is 0 Å². The van der Waals surface area contributed by atoms with Crippen molar-refractivity contribution < 1.29 is 0 Å². The molecule has 2 aromatic carbocycles. The monoisotopic (exact) mass is 264 g/mol. The second kappa shape index (κ2) is 4.08. The molecule has 4 rings (SSSR count). The number of H-pyrrole nitrogens is 1. The van der Waals surface area contributed by atoms with Crippen LogP contribution in [0.5, 0.6) is 0 Å². The second-order valence-electron chi connectivity index (χ2n) is 6.52. The fraction of sp³-hybridized carbons (Fsp3) is 0.389. The van der Waals surface area contributed by atoms with E-state index in [-0.39, 0.29) is 0 Å². The van der Waals surface area contributed by atoms with E-state index in [1.165, 1.54) is 45.8 Å². The fourth-order valence-electron chi connectivity index (χ4n) is 3.57. The average Bonchev–Trinajstić information content (AvgIpc) is 3.02. The van der Waals surface area contributed by atoms with Gasteiger partial charge in [0.25, 0.3) is 0 Å². The Kier molecular flexibility index (Phi) is 2.44. The summed E-state index contributed by atoms with van der Waals surface area (Å²) >= 11 is 0. The third-order valence-electron chi connectivity index (χ3n) is 4.55. The number of benzene rings is 2. The zero-order chi connectivity index (χ0) is 13.9. The standard InChI is InChI=1S/C18H20N2/c1-10(2)18-19-16-13-7-5-4-6-12(13)14-8-11(3)9-15(14)17(16)20-18/h4-7,10-11H,8-9H2,1-3H3,(H,19,20). The van der Waals surface area contributed by atoms with Crippen LogP contribution in [0, 0.1) is 5.92 Å². The van der Waals surface area contributed by atoms with E-state index in [0.717, 1.165) is 11.7 Å². The molecule has 0 spiro atoms. The van der Waals surface area contributed by atoms with Crippen LogP contribution in [0.4, 0.5) is 0 Å². The Labute approximate surface area is 119 Å². The molecule has 1 aliphatic rings. The van der Waals surface area contributed by atoms with Gasteiger partial charge in [0.1, 0.15) is 5.82 Å². The largest absolute Gasteiger partial charge is 0.341 e. The highest BCUT2D eigenvalue weighted by Crippen LogP contribution is 2.39. The lowest BCUT2D eigenvalue weighted by Gasteiger charge is -2.06. The minimum Gasteiger partial charge on any atom is -0.341 e. The van der Waals surface area contributed by atoms with Gasteiger partial charge in [0, 0.05) is 11.3 Å². The van der Waals surface area contributed by atoms with Crippen LogP contribution < -0.4 is 0 Å². The lowest BCUT2D eigenvalue weighted by molar-refractivity contribution is 0.629. The zero-order valence-corrected chi connectivity index (χ0v) is 12.3. The first-order valence-corrected chi connectivity index (χ1v) is 7.57. The molecule has 0 radical (unpaired) electrons. The van der Waals surface area contributed by atoms with Crippen molar-refractivity contribution in [2.45, 2.75) is 39.5 Å². The Morgan fingerprint density at radius 2 is 1.80 bits per heavy atom. The first-order chi connectivity index (χ1) is 9.65. The van der Waals surface area contributed by atoms with Crippen LogP contribution >= 0.6 is 0 Å². The van der Waals surface area contributed by atoms with Crippen molar-refractivity contribution in [1.82, 2.24) is 9.97 Å². The van der Waals surface area contributed by atoms with Crippen LogP contribution in [-0.2, 0) is 12.8 Å². The topological polar surface area (TPSA) is 28.7 Å². The van der Waals surface area contributed by atoms with Crippen LogP contribution in [0.1, 0.15) is 43.6 Å². The molecule has 1 aliphatic carbocycles. The molecular formula is C18H20N2. The highest BCUT2D eigenvalue weighted by atomic mass is 14.9. The van der Waals surface area contributed by atoms with Gasteiger partial charge in [-0.15, -0.1) is 0 Å². The molecule has 0 amide bonds. The van der Waals surface area contributed by atoms with Crippen molar-refractivity contribution in [2.75, 3.05) is 0 Å². The average molecular weight is 264 g/mol. The number of imidazole rings is 1. The number of aromatic amines is 1. The van der Waals surface area contributed by atoms with Crippen LogP contribution in [0.2, 0.25) is 0 Å². The fourth-order valence-corrected chi connectivity index (χ4v) is 3.57. The maximum atomic E-state index is 4.91. The summed E-state index contributed by atoms with van der Waals surface area (Å²) < 4.78 is 0. The number of nitrogens with zero attached hydrogens (tertiary/aromatic N) is 1. The summed E-state index contributed by atoms with van der Waals surface area (Å²) in [4.78, 5) is 8.48. The summed E-state index contributed by atoms with van der Waals surface area (Å²) in [5, 5.41) is 2.74. The Morgan fingerprint density at radius 1 is 1.10 bits per heavy atom. The maximum absolute atomic E-state index is 4.91. The van der Waals surface area contributed by atoms with Crippen LogP contribution in [0.25, 0.3) is 21.8 Å². The molecule has 0 bridgehead atoms. The van der Waals surface area contributed by atoms with Gasteiger partial charge in [-0.2, -0.15) is 0 Å². The normalized spacial score (nSPS) is 18.3. The molecule has 1 unspecified atom stereocenters. The molecule has 1 heterocycles. The quantitative estimate of drug-likeness (QED) is 0.685. The lowest BCUT2D eigenvalue weighted by atomic mass is 9.99. The predicted octanol–water partition coefficient (Wildman–Crippen LogP) is 4.57. The molecule has 0 aliphatic heterocycles. The Bertz CT molecular complexity index is 811. The van der Waals surface area contributed by atoms with E-state index in [4.69, 9.17) is 4.98 Å². The molecule has 20 heavy (non-hydrogen) atoms. The Hall–Kier alpha value is -1.83. The molecule has 1 aromatic heterocycles. The highest BCUT2D eigenvalue weighted by molar-refractivity contribution is 6.08. The molecule has 0 fully saturated rings. The molecule has 2 nitrogen and oxygen atoms in total. The van der Waals surface area contributed by atoms with Gasteiger partial charge in [-0.3, -0.25) is 0 Å². The van der Waals surface area contributed by atoms with E-state index in [2.05, 4.69) is 50.0 Å². The van der Waals surface area contributed by atoms with Gasteiger partial charge < -0.3 is 4.98 Å². The van der Waals surface area contributed by atoms with E-state index in [0.29, 0.717) is 5.92 Å². The SMILES string of the molecule is CC1Cc2c(c3nc(C(C)C)[nH]c3c3ccccc23)C1. The van der Waals surface area contributed by atoms with Crippen LogP contribution in [-0.4, -0.2) is 9.97 Å². The van der Waals surface area contributed by atoms with Crippen LogP contribution in [0.15, 0.2) is 24.3 Å². The van der Waals surface area contributed by atoms with Gasteiger partial charge in [0.05, 0.1) is 11.0 Å². The van der Waals surface area contributed by atoms with Gasteiger partial charge in [0.2, 0.25) is 0 Å². The summed E-state index contributed by atoms with van der Waals surface area (Å²) in [6, 6.07) is 8.77. The molecule has 3 aromatic rings. The second-order valence-corrected chi connectivity index (χ2v) is 6.52. The molecular weight excluding hydrogens is 244 g/mol. The number of nitrogens with one attached hydrogen (secondary N) is 1. The lowest BCUT2D eigenvalue weighted by Crippen LogP contribution is -1.90. The van der Waals surface area contributed by atoms with Crippen molar-refractivity contribution in [1.29, 1.82) is 0 Å². The van der Waals surface area contributed by atoms with Crippen molar-refractivity contribution >= 4 is 21.8 Å². The van der Waals surface area contributed by atoms with Gasteiger partial charge >= 0.3 is 0 Å². The number of fused-ring (bicyclic) bond motifs is 6. The molecule has 0 saturated carbocycles. The number of hydrogen-bond donors (Lipinski definition) is 1. The first kappa shape index (κ1) is 12.0. The number of hydrogen-bond acceptors (Lipinski definition) is 1. The third kappa shape index (κ3) is 1.54. The minimum absolute atomic E-state index is 0.440. The molecule has 1 atom stereocenters. The first-order valence-electron chi connectivity index (χ1n) is 7.57.